The summed E-state index contributed by atoms with van der Waals surface area (Å²) in [6, 6.07) is 9.14. The molecule has 3 aromatic rings. The largest absolute Gasteiger partial charge is 0.478 e. The highest BCUT2D eigenvalue weighted by Gasteiger charge is 2.11. The molecule has 1 aromatic carbocycles. The van der Waals surface area contributed by atoms with Crippen molar-refractivity contribution in [1.82, 2.24) is 9.55 Å². The SMILES string of the molecule is Cn1c(Cc2cccs2)nc2cc(C(=O)O)ccc21. The number of hydrogen-bond donors (Lipinski definition) is 1. The van der Waals surface area contributed by atoms with E-state index < -0.39 is 5.97 Å². The Morgan fingerprint density at radius 3 is 2.95 bits per heavy atom. The third kappa shape index (κ3) is 2.13. The average Bonchev–Trinajstić information content (AvgIpc) is 2.99. The zero-order chi connectivity index (χ0) is 13.4. The molecule has 96 valence electrons. The van der Waals surface area contributed by atoms with Gasteiger partial charge in [0, 0.05) is 18.3 Å². The average molecular weight is 272 g/mol. The quantitative estimate of drug-likeness (QED) is 0.797. The first-order valence-electron chi connectivity index (χ1n) is 5.86. The number of aromatic carboxylic acids is 1. The molecule has 19 heavy (non-hydrogen) atoms. The van der Waals surface area contributed by atoms with Crippen molar-refractivity contribution in [2.24, 2.45) is 7.05 Å². The lowest BCUT2D eigenvalue weighted by Crippen LogP contribution is -1.98. The van der Waals surface area contributed by atoms with Gasteiger partial charge in [-0.05, 0) is 29.6 Å². The molecule has 0 aliphatic carbocycles. The van der Waals surface area contributed by atoms with E-state index in [2.05, 4.69) is 11.1 Å². The maximum Gasteiger partial charge on any atom is 0.335 e. The number of carboxylic acid groups (broad SMARTS) is 1. The van der Waals surface area contributed by atoms with Crippen molar-refractivity contribution in [2.75, 3.05) is 0 Å². The second-order valence-electron chi connectivity index (χ2n) is 4.35. The topological polar surface area (TPSA) is 55.1 Å². The molecule has 0 bridgehead atoms. The van der Waals surface area contributed by atoms with Crippen LogP contribution in [0.2, 0.25) is 0 Å². The zero-order valence-corrected chi connectivity index (χ0v) is 11.1. The van der Waals surface area contributed by atoms with Crippen molar-refractivity contribution in [3.05, 3.63) is 52.0 Å². The summed E-state index contributed by atoms with van der Waals surface area (Å²) in [5.41, 5.74) is 1.96. The molecule has 1 N–H and O–H groups in total. The number of hydrogen-bond acceptors (Lipinski definition) is 3. The molecular formula is C14H12N2O2S. The fraction of sp³-hybridized carbons (Fsp3) is 0.143. The number of aromatic nitrogens is 2. The van der Waals surface area contributed by atoms with E-state index in [1.807, 2.05) is 29.1 Å². The number of thiophene rings is 1. The molecule has 2 heterocycles. The molecule has 5 heteroatoms. The van der Waals surface area contributed by atoms with Gasteiger partial charge in [0.05, 0.1) is 16.6 Å². The Bertz CT molecular complexity index is 744. The van der Waals surface area contributed by atoms with Gasteiger partial charge < -0.3 is 9.67 Å². The minimum atomic E-state index is -0.924. The zero-order valence-electron chi connectivity index (χ0n) is 10.3. The van der Waals surface area contributed by atoms with E-state index in [1.165, 1.54) is 4.88 Å². The predicted octanol–water partition coefficient (Wildman–Crippen LogP) is 2.92. The van der Waals surface area contributed by atoms with Crippen molar-refractivity contribution in [1.29, 1.82) is 0 Å². The molecule has 3 rings (SSSR count). The summed E-state index contributed by atoms with van der Waals surface area (Å²) in [5.74, 6) is 0.0207. The molecule has 2 aromatic heterocycles. The molecule has 0 spiro atoms. The van der Waals surface area contributed by atoms with Crippen LogP contribution in [0.3, 0.4) is 0 Å². The lowest BCUT2D eigenvalue weighted by Gasteiger charge is -2.00. The summed E-state index contributed by atoms with van der Waals surface area (Å²) in [7, 11) is 1.96. The van der Waals surface area contributed by atoms with Crippen LogP contribution in [0.25, 0.3) is 11.0 Å². The van der Waals surface area contributed by atoms with E-state index in [9.17, 15) is 4.79 Å². The minimum Gasteiger partial charge on any atom is -0.478 e. The Balaban J connectivity index is 2.06. The Hall–Kier alpha value is -2.14. The van der Waals surface area contributed by atoms with E-state index in [1.54, 1.807) is 23.5 Å². The maximum absolute atomic E-state index is 11.0. The van der Waals surface area contributed by atoms with Crippen molar-refractivity contribution in [3.8, 4) is 0 Å². The summed E-state index contributed by atoms with van der Waals surface area (Å²) in [4.78, 5) is 16.7. The van der Waals surface area contributed by atoms with Gasteiger partial charge in [-0.15, -0.1) is 11.3 Å². The minimum absolute atomic E-state index is 0.272. The lowest BCUT2D eigenvalue weighted by atomic mass is 10.2. The summed E-state index contributed by atoms with van der Waals surface area (Å²) in [6.45, 7) is 0. The van der Waals surface area contributed by atoms with Gasteiger partial charge in [-0.1, -0.05) is 6.07 Å². The monoisotopic (exact) mass is 272 g/mol. The van der Waals surface area contributed by atoms with Crippen molar-refractivity contribution in [2.45, 2.75) is 6.42 Å². The van der Waals surface area contributed by atoms with Crippen LogP contribution in [-0.2, 0) is 13.5 Å². The van der Waals surface area contributed by atoms with E-state index in [0.717, 1.165) is 23.3 Å². The van der Waals surface area contributed by atoms with Crippen LogP contribution in [0.15, 0.2) is 35.7 Å². The number of aryl methyl sites for hydroxylation is 1. The van der Waals surface area contributed by atoms with Gasteiger partial charge in [0.1, 0.15) is 5.82 Å². The molecule has 0 aliphatic heterocycles. The van der Waals surface area contributed by atoms with E-state index >= 15 is 0 Å². The molecule has 0 saturated carbocycles. The van der Waals surface area contributed by atoms with Crippen molar-refractivity contribution < 1.29 is 9.90 Å². The van der Waals surface area contributed by atoms with Crippen LogP contribution >= 0.6 is 11.3 Å². The summed E-state index contributed by atoms with van der Waals surface area (Å²) in [5, 5.41) is 11.0. The summed E-state index contributed by atoms with van der Waals surface area (Å²) < 4.78 is 2.01. The number of benzene rings is 1. The molecule has 0 radical (unpaired) electrons. The Kier molecular flexibility index (Phi) is 2.83. The molecule has 4 nitrogen and oxygen atoms in total. The first-order chi connectivity index (χ1) is 9.15. The van der Waals surface area contributed by atoms with E-state index in [-0.39, 0.29) is 5.56 Å². The molecule has 0 unspecified atom stereocenters. The van der Waals surface area contributed by atoms with Crippen LogP contribution < -0.4 is 0 Å². The highest BCUT2D eigenvalue weighted by atomic mass is 32.1. The highest BCUT2D eigenvalue weighted by molar-refractivity contribution is 7.09. The number of rotatable bonds is 3. The number of imidazole rings is 1. The second-order valence-corrected chi connectivity index (χ2v) is 5.38. The number of fused-ring (bicyclic) bond motifs is 1. The van der Waals surface area contributed by atoms with Gasteiger partial charge in [0.15, 0.2) is 0 Å². The molecule has 0 fully saturated rings. The number of carbonyl (C=O) groups is 1. The van der Waals surface area contributed by atoms with Crippen LogP contribution in [-0.4, -0.2) is 20.6 Å². The molecule has 0 aliphatic rings. The Labute approximate surface area is 113 Å². The molecule has 0 amide bonds. The van der Waals surface area contributed by atoms with Gasteiger partial charge in [-0.25, -0.2) is 9.78 Å². The molecule has 0 saturated heterocycles. The summed E-state index contributed by atoms with van der Waals surface area (Å²) in [6.07, 6.45) is 0.769. The van der Waals surface area contributed by atoms with Gasteiger partial charge in [-0.2, -0.15) is 0 Å². The van der Waals surface area contributed by atoms with Crippen LogP contribution in [0.4, 0.5) is 0 Å². The number of nitrogens with zero attached hydrogens (tertiary/aromatic N) is 2. The van der Waals surface area contributed by atoms with E-state index in [4.69, 9.17) is 5.11 Å². The fourth-order valence-corrected chi connectivity index (χ4v) is 2.81. The smallest absolute Gasteiger partial charge is 0.335 e. The third-order valence-electron chi connectivity index (χ3n) is 3.13. The van der Waals surface area contributed by atoms with Crippen molar-refractivity contribution >= 4 is 28.3 Å². The van der Waals surface area contributed by atoms with Crippen molar-refractivity contribution in [3.63, 3.8) is 0 Å². The summed E-state index contributed by atoms with van der Waals surface area (Å²) >= 11 is 1.70. The fourth-order valence-electron chi connectivity index (χ4n) is 2.11. The molecular weight excluding hydrogens is 260 g/mol. The van der Waals surface area contributed by atoms with Crippen LogP contribution in [0.5, 0.6) is 0 Å². The van der Waals surface area contributed by atoms with Gasteiger partial charge in [0.2, 0.25) is 0 Å². The first-order valence-corrected chi connectivity index (χ1v) is 6.74. The van der Waals surface area contributed by atoms with Gasteiger partial charge in [-0.3, -0.25) is 0 Å². The maximum atomic E-state index is 11.0. The lowest BCUT2D eigenvalue weighted by molar-refractivity contribution is 0.0697. The van der Waals surface area contributed by atoms with Crippen LogP contribution in [0, 0.1) is 0 Å². The highest BCUT2D eigenvalue weighted by Crippen LogP contribution is 2.20. The predicted molar refractivity (Wildman–Crippen MR) is 74.8 cm³/mol. The van der Waals surface area contributed by atoms with E-state index in [0.29, 0.717) is 0 Å². The number of carboxylic acids is 1. The van der Waals surface area contributed by atoms with Gasteiger partial charge >= 0.3 is 5.97 Å². The molecule has 0 atom stereocenters. The second kappa shape index (κ2) is 4.51. The van der Waals surface area contributed by atoms with Crippen LogP contribution in [0.1, 0.15) is 21.1 Å². The third-order valence-corrected chi connectivity index (χ3v) is 4.01. The Morgan fingerprint density at radius 2 is 2.26 bits per heavy atom. The Morgan fingerprint density at radius 1 is 1.42 bits per heavy atom. The van der Waals surface area contributed by atoms with Gasteiger partial charge in [0.25, 0.3) is 0 Å². The normalized spacial score (nSPS) is 11.0. The first kappa shape index (κ1) is 11.9. The standard InChI is InChI=1S/C14H12N2O2S/c1-16-12-5-4-9(14(17)18)7-11(12)15-13(16)8-10-3-2-6-19-10/h2-7H,8H2,1H3,(H,17,18).